The van der Waals surface area contributed by atoms with E-state index in [1.54, 1.807) is 11.6 Å². The van der Waals surface area contributed by atoms with E-state index >= 15 is 0 Å². The van der Waals surface area contributed by atoms with Gasteiger partial charge in [0.25, 0.3) is 0 Å². The lowest BCUT2D eigenvalue weighted by Gasteiger charge is -2.27. The lowest BCUT2D eigenvalue weighted by molar-refractivity contribution is -0.382. The SMILES string of the molecule is CC(C)(Nc1ccc2scnc2c1[N+](=O)[O-])C1CC1. The van der Waals surface area contributed by atoms with Gasteiger partial charge in [-0.25, -0.2) is 4.98 Å². The maximum Gasteiger partial charge on any atom is 0.319 e. The van der Waals surface area contributed by atoms with Crippen LogP contribution in [0.25, 0.3) is 10.2 Å². The van der Waals surface area contributed by atoms with Crippen LogP contribution in [0.2, 0.25) is 0 Å². The zero-order chi connectivity index (χ0) is 13.6. The van der Waals surface area contributed by atoms with E-state index in [1.807, 2.05) is 6.07 Å². The van der Waals surface area contributed by atoms with Crippen LogP contribution in [-0.2, 0) is 0 Å². The van der Waals surface area contributed by atoms with Crippen molar-refractivity contribution in [2.45, 2.75) is 32.2 Å². The summed E-state index contributed by atoms with van der Waals surface area (Å²) < 4.78 is 0.849. The van der Waals surface area contributed by atoms with Gasteiger partial charge in [0.15, 0.2) is 5.52 Å². The number of thiazole rings is 1. The molecule has 0 aliphatic heterocycles. The number of nitro benzene ring substituents is 1. The molecule has 3 rings (SSSR count). The second-order valence-corrected chi connectivity index (χ2v) is 6.43. The number of aromatic nitrogens is 1. The third-order valence-corrected chi connectivity index (χ3v) is 4.51. The molecule has 5 nitrogen and oxygen atoms in total. The lowest BCUT2D eigenvalue weighted by atomic mass is 9.98. The number of fused-ring (bicyclic) bond motifs is 1. The van der Waals surface area contributed by atoms with E-state index in [1.165, 1.54) is 24.2 Å². The number of nitrogens with one attached hydrogen (secondary N) is 1. The van der Waals surface area contributed by atoms with Gasteiger partial charge in [0.1, 0.15) is 5.69 Å². The minimum Gasteiger partial charge on any atom is -0.374 e. The molecular weight excluding hydrogens is 262 g/mol. The molecule has 0 radical (unpaired) electrons. The Hall–Kier alpha value is -1.69. The fourth-order valence-electron chi connectivity index (χ4n) is 2.46. The molecule has 0 atom stereocenters. The fourth-order valence-corrected chi connectivity index (χ4v) is 3.14. The average Bonchev–Trinajstić information content (AvgIpc) is 3.08. The van der Waals surface area contributed by atoms with Gasteiger partial charge in [-0.1, -0.05) is 0 Å². The smallest absolute Gasteiger partial charge is 0.319 e. The van der Waals surface area contributed by atoms with Crippen molar-refractivity contribution in [2.24, 2.45) is 5.92 Å². The van der Waals surface area contributed by atoms with Gasteiger partial charge in [0.05, 0.1) is 15.1 Å². The highest BCUT2D eigenvalue weighted by Crippen LogP contribution is 2.43. The Balaban J connectivity index is 2.07. The highest BCUT2D eigenvalue weighted by atomic mass is 32.1. The van der Waals surface area contributed by atoms with Gasteiger partial charge in [-0.2, -0.15) is 0 Å². The molecule has 19 heavy (non-hydrogen) atoms. The first kappa shape index (κ1) is 12.3. The monoisotopic (exact) mass is 277 g/mol. The summed E-state index contributed by atoms with van der Waals surface area (Å²) in [5, 5.41) is 14.7. The van der Waals surface area contributed by atoms with Crippen LogP contribution >= 0.6 is 11.3 Å². The Kier molecular flexibility index (Phi) is 2.70. The number of nitrogens with zero attached hydrogens (tertiary/aromatic N) is 2. The van der Waals surface area contributed by atoms with E-state index in [-0.39, 0.29) is 16.1 Å². The van der Waals surface area contributed by atoms with Crippen molar-refractivity contribution in [1.82, 2.24) is 4.98 Å². The molecule has 0 bridgehead atoms. The molecule has 0 saturated heterocycles. The first-order chi connectivity index (χ1) is 8.99. The van der Waals surface area contributed by atoms with E-state index in [0.29, 0.717) is 17.1 Å². The second-order valence-electron chi connectivity index (χ2n) is 5.54. The molecular formula is C13H15N3O2S. The number of rotatable bonds is 4. The summed E-state index contributed by atoms with van der Waals surface area (Å²) in [4.78, 5) is 15.1. The topological polar surface area (TPSA) is 68.1 Å². The molecule has 0 amide bonds. The van der Waals surface area contributed by atoms with Gasteiger partial charge in [0.2, 0.25) is 0 Å². The molecule has 0 spiro atoms. The van der Waals surface area contributed by atoms with E-state index in [9.17, 15) is 10.1 Å². The van der Waals surface area contributed by atoms with Crippen molar-refractivity contribution < 1.29 is 4.92 Å². The van der Waals surface area contributed by atoms with Crippen LogP contribution in [0.4, 0.5) is 11.4 Å². The maximum atomic E-state index is 11.3. The quantitative estimate of drug-likeness (QED) is 0.681. The van der Waals surface area contributed by atoms with Crippen LogP contribution in [0.15, 0.2) is 17.6 Å². The van der Waals surface area contributed by atoms with E-state index in [2.05, 4.69) is 24.1 Å². The highest BCUT2D eigenvalue weighted by Gasteiger charge is 2.39. The first-order valence-electron chi connectivity index (χ1n) is 6.28. The van der Waals surface area contributed by atoms with Crippen molar-refractivity contribution in [3.63, 3.8) is 0 Å². The highest BCUT2D eigenvalue weighted by molar-refractivity contribution is 7.16. The second kappa shape index (κ2) is 4.16. The van der Waals surface area contributed by atoms with Crippen molar-refractivity contribution >= 4 is 32.9 Å². The van der Waals surface area contributed by atoms with Gasteiger partial charge in [-0.3, -0.25) is 10.1 Å². The summed E-state index contributed by atoms with van der Waals surface area (Å²) in [7, 11) is 0. The zero-order valence-electron chi connectivity index (χ0n) is 10.8. The maximum absolute atomic E-state index is 11.3. The molecule has 1 N–H and O–H groups in total. The van der Waals surface area contributed by atoms with Crippen LogP contribution in [-0.4, -0.2) is 15.4 Å². The largest absolute Gasteiger partial charge is 0.374 e. The lowest BCUT2D eigenvalue weighted by Crippen LogP contribution is -2.33. The first-order valence-corrected chi connectivity index (χ1v) is 7.16. The normalized spacial score (nSPS) is 15.7. The van der Waals surface area contributed by atoms with E-state index in [0.717, 1.165) is 4.70 Å². The molecule has 6 heteroatoms. The molecule has 2 aromatic rings. The molecule has 1 fully saturated rings. The Morgan fingerprint density at radius 1 is 1.47 bits per heavy atom. The summed E-state index contributed by atoms with van der Waals surface area (Å²) in [6, 6.07) is 3.69. The van der Waals surface area contributed by atoms with Crippen LogP contribution in [0, 0.1) is 16.0 Å². The summed E-state index contributed by atoms with van der Waals surface area (Å²) >= 11 is 1.42. The summed E-state index contributed by atoms with van der Waals surface area (Å²) in [5.41, 5.74) is 2.67. The predicted molar refractivity (Wildman–Crippen MR) is 76.7 cm³/mol. The summed E-state index contributed by atoms with van der Waals surface area (Å²) in [5.74, 6) is 0.596. The van der Waals surface area contributed by atoms with E-state index in [4.69, 9.17) is 0 Å². The van der Waals surface area contributed by atoms with Crippen molar-refractivity contribution in [3.05, 3.63) is 27.8 Å². The van der Waals surface area contributed by atoms with Crippen molar-refractivity contribution in [2.75, 3.05) is 5.32 Å². The van der Waals surface area contributed by atoms with Gasteiger partial charge in [-0.15, -0.1) is 11.3 Å². The van der Waals surface area contributed by atoms with Crippen LogP contribution in [0.3, 0.4) is 0 Å². The number of hydrogen-bond donors (Lipinski definition) is 1. The Morgan fingerprint density at radius 2 is 2.21 bits per heavy atom. The van der Waals surface area contributed by atoms with Crippen LogP contribution < -0.4 is 5.32 Å². The number of hydrogen-bond acceptors (Lipinski definition) is 5. The third-order valence-electron chi connectivity index (χ3n) is 3.71. The van der Waals surface area contributed by atoms with Crippen LogP contribution in [0.1, 0.15) is 26.7 Å². The molecule has 0 unspecified atom stereocenters. The van der Waals surface area contributed by atoms with Gasteiger partial charge in [0, 0.05) is 5.54 Å². The third kappa shape index (κ3) is 2.16. The molecule has 1 aliphatic carbocycles. The molecule has 1 aliphatic rings. The van der Waals surface area contributed by atoms with Crippen molar-refractivity contribution in [1.29, 1.82) is 0 Å². The molecule has 1 aromatic carbocycles. The Bertz CT molecular complexity index is 646. The summed E-state index contributed by atoms with van der Waals surface area (Å²) in [6.45, 7) is 4.19. The van der Waals surface area contributed by atoms with Gasteiger partial charge >= 0.3 is 5.69 Å². The minimum atomic E-state index is -0.340. The Labute approximate surface area is 114 Å². The van der Waals surface area contributed by atoms with Crippen LogP contribution in [0.5, 0.6) is 0 Å². The summed E-state index contributed by atoms with van der Waals surface area (Å²) in [6.07, 6.45) is 2.37. The van der Waals surface area contributed by atoms with Crippen molar-refractivity contribution in [3.8, 4) is 0 Å². The molecule has 1 aromatic heterocycles. The molecule has 1 saturated carbocycles. The standard InChI is InChI=1S/C13H15N3O2S/c1-13(2,8-3-4-8)15-9-5-6-10-11(14-7-19-10)12(9)16(17)18/h5-8,15H,3-4H2,1-2H3. The van der Waals surface area contributed by atoms with Gasteiger partial charge in [-0.05, 0) is 44.7 Å². The number of nitro groups is 1. The minimum absolute atomic E-state index is 0.0903. The van der Waals surface area contributed by atoms with E-state index < -0.39 is 0 Å². The van der Waals surface area contributed by atoms with Gasteiger partial charge < -0.3 is 5.32 Å². The predicted octanol–water partition coefficient (Wildman–Crippen LogP) is 3.81. The molecule has 100 valence electrons. The number of benzene rings is 1. The zero-order valence-corrected chi connectivity index (χ0v) is 11.7. The average molecular weight is 277 g/mol. The number of anilines is 1. The Morgan fingerprint density at radius 3 is 2.84 bits per heavy atom. The molecule has 1 heterocycles. The fraction of sp³-hybridized carbons (Fsp3) is 0.462.